The molecule has 2 N–H and O–H groups in total. The fraction of sp³-hybridized carbons (Fsp3) is 0.462. The minimum Gasteiger partial charge on any atom is -0.338 e. The van der Waals surface area contributed by atoms with Crippen molar-refractivity contribution in [3.8, 4) is 0 Å². The Hall–Kier alpha value is -0.330. The first-order chi connectivity index (χ1) is 8.08. The van der Waals surface area contributed by atoms with Gasteiger partial charge in [-0.25, -0.2) is 0 Å². The molecule has 2 unspecified atom stereocenters. The SMILES string of the molecule is CC1CN(C(=O)c2cccc(I)c2)CCC1N.Cl. The lowest BCUT2D eigenvalue weighted by Crippen LogP contribution is -2.48. The fourth-order valence-electron chi connectivity index (χ4n) is 2.15. The average molecular weight is 381 g/mol. The van der Waals surface area contributed by atoms with Crippen molar-refractivity contribution in [2.24, 2.45) is 11.7 Å². The highest BCUT2D eigenvalue weighted by molar-refractivity contribution is 14.1. The number of carbonyl (C=O) groups excluding carboxylic acids is 1. The summed E-state index contributed by atoms with van der Waals surface area (Å²) in [5, 5.41) is 0. The topological polar surface area (TPSA) is 46.3 Å². The van der Waals surface area contributed by atoms with Gasteiger partial charge in [0.05, 0.1) is 0 Å². The standard InChI is InChI=1S/C13H17IN2O.ClH/c1-9-8-16(6-5-12(9)15)13(17)10-3-2-4-11(14)7-10;/h2-4,7,9,12H,5-6,8,15H2,1H3;1H. The number of hydrogen-bond acceptors (Lipinski definition) is 2. The number of carbonyl (C=O) groups is 1. The van der Waals surface area contributed by atoms with Gasteiger partial charge in [0, 0.05) is 28.3 Å². The molecule has 0 saturated carbocycles. The summed E-state index contributed by atoms with van der Waals surface area (Å²) in [6.45, 7) is 3.65. The van der Waals surface area contributed by atoms with E-state index in [9.17, 15) is 4.79 Å². The number of halogens is 2. The second-order valence-corrected chi connectivity index (χ2v) is 5.94. The lowest BCUT2D eigenvalue weighted by atomic mass is 9.94. The fourth-order valence-corrected chi connectivity index (χ4v) is 2.70. The summed E-state index contributed by atoms with van der Waals surface area (Å²) in [5.41, 5.74) is 6.74. The Balaban J connectivity index is 0.00000162. The Bertz CT molecular complexity index is 427. The number of nitrogens with zero attached hydrogens (tertiary/aromatic N) is 1. The predicted octanol–water partition coefficient (Wildman–Crippen LogP) is 2.52. The second kappa shape index (κ2) is 6.73. The average Bonchev–Trinajstić information content (AvgIpc) is 2.32. The van der Waals surface area contributed by atoms with Crippen LogP contribution in [0.5, 0.6) is 0 Å². The Morgan fingerprint density at radius 1 is 1.50 bits per heavy atom. The first-order valence-electron chi connectivity index (χ1n) is 5.88. The molecule has 0 aliphatic carbocycles. The number of piperidine rings is 1. The van der Waals surface area contributed by atoms with E-state index in [1.54, 1.807) is 0 Å². The molecule has 5 heteroatoms. The van der Waals surface area contributed by atoms with Crippen molar-refractivity contribution in [3.05, 3.63) is 33.4 Å². The van der Waals surface area contributed by atoms with E-state index in [-0.39, 0.29) is 24.4 Å². The molecule has 1 aromatic carbocycles. The molecule has 1 aliphatic heterocycles. The molecule has 0 spiro atoms. The van der Waals surface area contributed by atoms with Crippen LogP contribution in [0.1, 0.15) is 23.7 Å². The number of hydrogen-bond donors (Lipinski definition) is 1. The van der Waals surface area contributed by atoms with Crippen LogP contribution >= 0.6 is 35.0 Å². The van der Waals surface area contributed by atoms with Crippen molar-refractivity contribution in [1.29, 1.82) is 0 Å². The van der Waals surface area contributed by atoms with Crippen molar-refractivity contribution in [1.82, 2.24) is 4.90 Å². The molecule has 100 valence electrons. The molecule has 18 heavy (non-hydrogen) atoms. The molecule has 0 aromatic heterocycles. The third-order valence-electron chi connectivity index (χ3n) is 3.33. The van der Waals surface area contributed by atoms with E-state index in [0.717, 1.165) is 28.6 Å². The van der Waals surface area contributed by atoms with Crippen LogP contribution in [-0.2, 0) is 0 Å². The molecule has 2 rings (SSSR count). The summed E-state index contributed by atoms with van der Waals surface area (Å²) >= 11 is 2.23. The third-order valence-corrected chi connectivity index (χ3v) is 4.00. The normalized spacial score (nSPS) is 23.4. The summed E-state index contributed by atoms with van der Waals surface area (Å²) in [6, 6.07) is 7.96. The van der Waals surface area contributed by atoms with Crippen LogP contribution in [0.4, 0.5) is 0 Å². The zero-order chi connectivity index (χ0) is 12.4. The van der Waals surface area contributed by atoms with Crippen LogP contribution in [0.2, 0.25) is 0 Å². The molecule has 1 aromatic rings. The lowest BCUT2D eigenvalue weighted by Gasteiger charge is -2.35. The van der Waals surface area contributed by atoms with Crippen LogP contribution in [-0.4, -0.2) is 29.9 Å². The van der Waals surface area contributed by atoms with Gasteiger partial charge in [0.1, 0.15) is 0 Å². The molecule has 1 amide bonds. The van der Waals surface area contributed by atoms with Crippen LogP contribution in [0.3, 0.4) is 0 Å². The predicted molar refractivity (Wildman–Crippen MR) is 84.1 cm³/mol. The monoisotopic (exact) mass is 380 g/mol. The van der Waals surface area contributed by atoms with Gasteiger partial charge in [-0.05, 0) is 53.1 Å². The Labute approximate surface area is 128 Å². The first-order valence-corrected chi connectivity index (χ1v) is 6.96. The highest BCUT2D eigenvalue weighted by Crippen LogP contribution is 2.18. The van der Waals surface area contributed by atoms with Crippen LogP contribution in [0, 0.1) is 9.49 Å². The third kappa shape index (κ3) is 3.59. The van der Waals surface area contributed by atoms with Gasteiger partial charge >= 0.3 is 0 Å². The van der Waals surface area contributed by atoms with Gasteiger partial charge in [-0.15, -0.1) is 12.4 Å². The zero-order valence-corrected chi connectivity index (χ0v) is 13.3. The zero-order valence-electron chi connectivity index (χ0n) is 10.3. The molecule has 2 atom stereocenters. The molecule has 1 fully saturated rings. The van der Waals surface area contributed by atoms with E-state index >= 15 is 0 Å². The largest absolute Gasteiger partial charge is 0.338 e. The van der Waals surface area contributed by atoms with E-state index < -0.39 is 0 Å². The van der Waals surface area contributed by atoms with Gasteiger partial charge in [-0.2, -0.15) is 0 Å². The van der Waals surface area contributed by atoms with E-state index in [4.69, 9.17) is 5.73 Å². The summed E-state index contributed by atoms with van der Waals surface area (Å²) in [5.74, 6) is 0.512. The number of nitrogens with two attached hydrogens (primary N) is 1. The molecule has 1 aliphatic rings. The van der Waals surface area contributed by atoms with E-state index in [1.807, 2.05) is 29.2 Å². The maximum atomic E-state index is 12.3. The van der Waals surface area contributed by atoms with Crippen molar-refractivity contribution in [2.75, 3.05) is 13.1 Å². The maximum Gasteiger partial charge on any atom is 0.253 e. The summed E-state index contributed by atoms with van der Waals surface area (Å²) < 4.78 is 1.09. The van der Waals surface area contributed by atoms with Gasteiger partial charge in [0.15, 0.2) is 0 Å². The first kappa shape index (κ1) is 15.7. The highest BCUT2D eigenvalue weighted by atomic mass is 127. The lowest BCUT2D eigenvalue weighted by molar-refractivity contribution is 0.0664. The molecular weight excluding hydrogens is 363 g/mol. The van der Waals surface area contributed by atoms with Crippen LogP contribution < -0.4 is 5.73 Å². The minimum atomic E-state index is 0. The molecular formula is C13H18ClIN2O. The molecule has 0 radical (unpaired) electrons. The Kier molecular flexibility index (Phi) is 5.88. The Morgan fingerprint density at radius 3 is 2.83 bits per heavy atom. The smallest absolute Gasteiger partial charge is 0.253 e. The van der Waals surface area contributed by atoms with E-state index in [0.29, 0.717) is 5.92 Å². The van der Waals surface area contributed by atoms with Crippen molar-refractivity contribution >= 4 is 40.9 Å². The summed E-state index contributed by atoms with van der Waals surface area (Å²) in [7, 11) is 0. The second-order valence-electron chi connectivity index (χ2n) is 4.69. The molecule has 3 nitrogen and oxygen atoms in total. The van der Waals surface area contributed by atoms with Crippen molar-refractivity contribution in [3.63, 3.8) is 0 Å². The highest BCUT2D eigenvalue weighted by Gasteiger charge is 2.26. The van der Waals surface area contributed by atoms with Crippen LogP contribution in [0.25, 0.3) is 0 Å². The number of rotatable bonds is 1. The van der Waals surface area contributed by atoms with Crippen molar-refractivity contribution < 1.29 is 4.79 Å². The summed E-state index contributed by atoms with van der Waals surface area (Å²) in [6.07, 6.45) is 0.900. The van der Waals surface area contributed by atoms with Crippen molar-refractivity contribution in [2.45, 2.75) is 19.4 Å². The van der Waals surface area contributed by atoms with Gasteiger partial charge < -0.3 is 10.6 Å². The Morgan fingerprint density at radius 2 is 2.22 bits per heavy atom. The van der Waals surface area contributed by atoms with E-state index in [1.165, 1.54) is 0 Å². The van der Waals surface area contributed by atoms with Crippen LogP contribution in [0.15, 0.2) is 24.3 Å². The number of likely N-dealkylation sites (tertiary alicyclic amines) is 1. The number of amides is 1. The van der Waals surface area contributed by atoms with Gasteiger partial charge in [-0.3, -0.25) is 4.79 Å². The maximum absolute atomic E-state index is 12.3. The quantitative estimate of drug-likeness (QED) is 0.761. The molecule has 1 saturated heterocycles. The van der Waals surface area contributed by atoms with E-state index in [2.05, 4.69) is 29.5 Å². The minimum absolute atomic E-state index is 0. The van der Waals surface area contributed by atoms with Gasteiger partial charge in [0.2, 0.25) is 0 Å². The van der Waals surface area contributed by atoms with Gasteiger partial charge in [0.25, 0.3) is 5.91 Å². The van der Waals surface area contributed by atoms with Gasteiger partial charge in [-0.1, -0.05) is 13.0 Å². The molecule has 0 bridgehead atoms. The number of benzene rings is 1. The summed E-state index contributed by atoms with van der Waals surface area (Å²) in [4.78, 5) is 14.2. The molecule has 1 heterocycles.